The minimum Gasteiger partial charge on any atom is -0.756 e. The molecule has 36 heavy (non-hydrogen) atoms. The molecule has 6 N–H and O–H groups in total. The van der Waals surface area contributed by atoms with Crippen molar-refractivity contribution < 1.29 is 150 Å². The molecule has 0 aromatic carbocycles. The van der Waals surface area contributed by atoms with E-state index in [0.29, 0.717) is 4.57 Å². The molecule has 1 aliphatic rings. The Labute approximate surface area is 268 Å². The van der Waals surface area contributed by atoms with Crippen molar-refractivity contribution in [2.45, 2.75) is 31.0 Å². The van der Waals surface area contributed by atoms with Crippen molar-refractivity contribution in [2.75, 3.05) is 6.61 Å². The van der Waals surface area contributed by atoms with Crippen molar-refractivity contribution in [2.24, 2.45) is 5.73 Å². The maximum absolute atomic E-state index is 12.1. The van der Waals surface area contributed by atoms with Crippen molar-refractivity contribution in [1.29, 1.82) is 0 Å². The fraction of sp³-hybridized carbons (Fsp3) is 0.500. The number of aliphatic hydroxyl groups excluding tert-OH is 2. The molecule has 0 aliphatic carbocycles. The smallest absolute Gasteiger partial charge is 0.756 e. The van der Waals surface area contributed by atoms with Crippen LogP contribution >= 0.6 is 23.5 Å². The molecular weight excluding hydrogens is 588 g/mol. The molecule has 0 bridgehead atoms. The number of hydrogen-bond acceptors (Lipinski definition) is 15. The summed E-state index contributed by atoms with van der Waals surface area (Å²) in [5.74, 6) is 0. The van der Waals surface area contributed by atoms with Crippen molar-refractivity contribution in [3.05, 3.63) is 44.9 Å². The first kappa shape index (κ1) is 39.7. The minimum atomic E-state index is -6.13. The molecule has 18 nitrogen and oxygen atoms in total. The van der Waals surface area contributed by atoms with Crippen LogP contribution < -0.4 is 120 Å². The van der Waals surface area contributed by atoms with Gasteiger partial charge in [-0.3, -0.25) is 28.0 Å². The van der Waals surface area contributed by atoms with E-state index in [1.54, 1.807) is 0 Å². The molecule has 1 fully saturated rings. The monoisotopic (exact) mass is 605 g/mol. The van der Waals surface area contributed by atoms with Crippen LogP contribution in [0.3, 0.4) is 0 Å². The number of hydrogen-bond donors (Lipinski definition) is 5. The van der Waals surface area contributed by atoms with Gasteiger partial charge in [-0.2, -0.15) is 0 Å². The molecule has 0 amide bonds. The number of ether oxygens (including phenoxy) is 1. The van der Waals surface area contributed by atoms with E-state index in [1.807, 2.05) is 4.98 Å². The van der Waals surface area contributed by atoms with Crippen molar-refractivity contribution in [1.82, 2.24) is 9.55 Å². The average Bonchev–Trinajstić information content (AvgIpc) is 2.91. The first-order chi connectivity index (χ1) is 15.1. The number of aliphatic hydroxyl groups is 2. The van der Waals surface area contributed by atoms with E-state index in [0.717, 1.165) is 12.4 Å². The maximum atomic E-state index is 12.1. The molecule has 0 radical (unpaired) electrons. The largest absolute Gasteiger partial charge is 1.00 e. The fourth-order valence-corrected chi connectivity index (χ4v) is 5.50. The van der Waals surface area contributed by atoms with Gasteiger partial charge in [-0.05, 0) is 12.6 Å². The minimum absolute atomic E-state index is 0. The Morgan fingerprint density at radius 2 is 1.67 bits per heavy atom. The van der Waals surface area contributed by atoms with E-state index in [2.05, 4.69) is 13.1 Å². The van der Waals surface area contributed by atoms with E-state index in [4.69, 9.17) is 15.4 Å². The quantitative estimate of drug-likeness (QED) is 0.122. The molecular formula is C12H17N3Na3O15P3. The van der Waals surface area contributed by atoms with E-state index in [9.17, 15) is 48.2 Å². The van der Waals surface area contributed by atoms with Crippen molar-refractivity contribution in [3.63, 3.8) is 0 Å². The van der Waals surface area contributed by atoms with Crippen LogP contribution in [0.4, 0.5) is 0 Å². The van der Waals surface area contributed by atoms with Gasteiger partial charge in [-0.15, -0.1) is 0 Å². The van der Waals surface area contributed by atoms with Crippen LogP contribution in [-0.2, 0) is 38.0 Å². The zero-order valence-electron chi connectivity index (χ0n) is 19.1. The number of allylic oxidation sites excluding steroid dienone is 1. The molecule has 7 atom stereocenters. The van der Waals surface area contributed by atoms with Gasteiger partial charge in [0.2, 0.25) is 0 Å². The summed E-state index contributed by atoms with van der Waals surface area (Å²) in [5, 5.41) is 20.3. The molecule has 1 aromatic rings. The van der Waals surface area contributed by atoms with Gasteiger partial charge in [0.15, 0.2) is 6.23 Å². The molecule has 2 heterocycles. The van der Waals surface area contributed by atoms with Gasteiger partial charge < -0.3 is 44.8 Å². The van der Waals surface area contributed by atoms with Gasteiger partial charge in [-0.1, -0.05) is 6.08 Å². The van der Waals surface area contributed by atoms with E-state index in [1.165, 1.54) is 6.08 Å². The van der Waals surface area contributed by atoms with E-state index >= 15 is 0 Å². The molecule has 24 heteroatoms. The van der Waals surface area contributed by atoms with Gasteiger partial charge in [0.1, 0.15) is 18.3 Å². The summed E-state index contributed by atoms with van der Waals surface area (Å²) < 4.78 is 49.8. The molecule has 1 aromatic heterocycles. The zero-order valence-corrected chi connectivity index (χ0v) is 27.7. The fourth-order valence-electron chi connectivity index (χ4n) is 2.61. The summed E-state index contributed by atoms with van der Waals surface area (Å²) in [4.78, 5) is 67.4. The summed E-state index contributed by atoms with van der Waals surface area (Å²) in [5.41, 5.74) is 3.40. The summed E-state index contributed by atoms with van der Waals surface area (Å²) in [6, 6.07) is 0. The number of phosphoric acid groups is 3. The second kappa shape index (κ2) is 16.1. The summed E-state index contributed by atoms with van der Waals surface area (Å²) in [6.07, 6.45) is -3.53. The number of H-pyrrole nitrogens is 1. The van der Waals surface area contributed by atoms with Crippen LogP contribution in [0.2, 0.25) is 0 Å². The molecule has 1 saturated heterocycles. The first-order valence-electron chi connectivity index (χ1n) is 8.51. The van der Waals surface area contributed by atoms with Gasteiger partial charge >= 0.3 is 94.4 Å². The van der Waals surface area contributed by atoms with Crippen LogP contribution in [0, 0.1) is 0 Å². The van der Waals surface area contributed by atoms with Crippen LogP contribution in [0.5, 0.6) is 0 Å². The molecule has 3 unspecified atom stereocenters. The van der Waals surface area contributed by atoms with Gasteiger partial charge in [0.25, 0.3) is 29.0 Å². The van der Waals surface area contributed by atoms with Crippen LogP contribution in [0.25, 0.3) is 0 Å². The van der Waals surface area contributed by atoms with Crippen molar-refractivity contribution in [3.8, 4) is 0 Å². The van der Waals surface area contributed by atoms with Crippen molar-refractivity contribution >= 4 is 23.5 Å². The SMILES string of the molecule is N/C=C/Cc1cn([C@@H]2O[C@H](COP(=O)([O-])OP(=O)([O-])OP(=O)([O-])O)[C@@H](O)[C@H]2O)c(=O)[nH]c1=O.[Na+].[Na+].[Na+]. The Bertz CT molecular complexity index is 1160. The Morgan fingerprint density at radius 3 is 2.19 bits per heavy atom. The zero-order chi connectivity index (χ0) is 25.2. The standard InChI is InChI=1S/C12H20N3O15P3.3Na/c13-3-1-2-6-4-15(12(19)14-10(6)18)11-9(17)8(16)7(28-11)5-27-32(23,24)30-33(25,26)29-31(20,21)22;;;/h1,3-4,7-9,11,16-17H,2,5,13H2,(H,23,24)(H,25,26)(H,14,18,19)(H2,20,21,22);;;/q;3*+1/p-3/b3-1+;;;/t7-,8-,9-,11-;;;/m1.../s1. The summed E-state index contributed by atoms with van der Waals surface area (Å²) >= 11 is 0. The Hall–Kier alpha value is 1.51. The molecule has 188 valence electrons. The second-order valence-electron chi connectivity index (χ2n) is 6.32. The number of nitrogens with zero attached hydrogens (tertiary/aromatic N) is 1. The van der Waals surface area contributed by atoms with Gasteiger partial charge in [0.05, 0.1) is 6.61 Å². The molecule has 0 saturated carbocycles. The normalized spacial score (nSPS) is 26.5. The van der Waals surface area contributed by atoms with Gasteiger partial charge in [0, 0.05) is 11.8 Å². The van der Waals surface area contributed by atoms with E-state index in [-0.39, 0.29) is 101 Å². The number of nitrogens with one attached hydrogen (secondary N) is 1. The van der Waals surface area contributed by atoms with Gasteiger partial charge in [-0.25, -0.2) is 13.4 Å². The Balaban J connectivity index is 0. The van der Waals surface area contributed by atoms with Crippen LogP contribution in [0.1, 0.15) is 11.8 Å². The molecule has 1 aliphatic heterocycles. The number of aromatic nitrogens is 2. The third-order valence-corrected chi connectivity index (χ3v) is 7.62. The van der Waals surface area contributed by atoms with E-state index < -0.39 is 65.9 Å². The maximum Gasteiger partial charge on any atom is 1.00 e. The summed E-state index contributed by atoms with van der Waals surface area (Å²) in [7, 11) is -17.9. The average molecular weight is 605 g/mol. The number of phosphoric ester groups is 1. The third-order valence-electron chi connectivity index (χ3n) is 3.93. The number of nitrogens with two attached hydrogens (primary N) is 1. The number of rotatable bonds is 10. The Morgan fingerprint density at radius 1 is 1.08 bits per heavy atom. The predicted molar refractivity (Wildman–Crippen MR) is 97.4 cm³/mol. The predicted octanol–water partition coefficient (Wildman–Crippen LogP) is -13.4. The molecule has 0 spiro atoms. The Kier molecular flexibility index (Phi) is 17.7. The third kappa shape index (κ3) is 11.9. The summed E-state index contributed by atoms with van der Waals surface area (Å²) in [6.45, 7) is -1.18. The van der Waals surface area contributed by atoms with Crippen LogP contribution in [0.15, 0.2) is 28.1 Å². The van der Waals surface area contributed by atoms with Crippen LogP contribution in [-0.4, -0.2) is 49.6 Å². The molecule has 2 rings (SSSR count). The first-order valence-corrected chi connectivity index (χ1v) is 12.9. The number of aromatic amines is 1. The second-order valence-corrected chi connectivity index (χ2v) is 10.6. The topological polar surface area (TPSA) is 299 Å².